The summed E-state index contributed by atoms with van der Waals surface area (Å²) in [4.78, 5) is 24.9. The van der Waals surface area contributed by atoms with E-state index >= 15 is 0 Å². The summed E-state index contributed by atoms with van der Waals surface area (Å²) in [6.07, 6.45) is 5.21. The first-order chi connectivity index (χ1) is 10.7. The SMILES string of the molecule is CN1CCN(c2cc(NC(=O)Cn3cccc3)ncn2)CC1. The molecule has 0 atom stereocenters. The number of piperazine rings is 1. The molecule has 0 spiro atoms. The zero-order valence-corrected chi connectivity index (χ0v) is 12.6. The average molecular weight is 300 g/mol. The van der Waals surface area contributed by atoms with Gasteiger partial charge in [0, 0.05) is 44.6 Å². The minimum Gasteiger partial charge on any atom is -0.354 e. The minimum absolute atomic E-state index is 0.0979. The molecular formula is C15H20N6O. The molecular weight excluding hydrogens is 280 g/mol. The Balaban J connectivity index is 1.62. The van der Waals surface area contributed by atoms with Crippen LogP contribution in [0.2, 0.25) is 0 Å². The second-order valence-electron chi connectivity index (χ2n) is 5.46. The molecule has 1 amide bonds. The molecule has 0 aliphatic carbocycles. The lowest BCUT2D eigenvalue weighted by Gasteiger charge is -2.33. The summed E-state index contributed by atoms with van der Waals surface area (Å²) in [5.74, 6) is 1.31. The first kappa shape index (κ1) is 14.5. The number of amides is 1. The van der Waals surface area contributed by atoms with Crippen molar-refractivity contribution in [2.45, 2.75) is 6.54 Å². The minimum atomic E-state index is -0.0979. The van der Waals surface area contributed by atoms with Gasteiger partial charge in [-0.15, -0.1) is 0 Å². The van der Waals surface area contributed by atoms with Gasteiger partial charge in [-0.1, -0.05) is 0 Å². The third-order valence-corrected chi connectivity index (χ3v) is 3.74. The Hall–Kier alpha value is -2.41. The molecule has 0 bridgehead atoms. The van der Waals surface area contributed by atoms with Crippen molar-refractivity contribution in [2.75, 3.05) is 43.4 Å². The van der Waals surface area contributed by atoms with E-state index in [0.29, 0.717) is 5.82 Å². The van der Waals surface area contributed by atoms with Crippen molar-refractivity contribution >= 4 is 17.5 Å². The molecule has 0 aromatic carbocycles. The molecule has 1 N–H and O–H groups in total. The number of likely N-dealkylation sites (N-methyl/N-ethyl adjacent to an activating group) is 1. The van der Waals surface area contributed by atoms with E-state index in [9.17, 15) is 4.79 Å². The largest absolute Gasteiger partial charge is 0.354 e. The van der Waals surface area contributed by atoms with Crippen LogP contribution in [0.4, 0.5) is 11.6 Å². The van der Waals surface area contributed by atoms with E-state index in [0.717, 1.165) is 32.0 Å². The fourth-order valence-corrected chi connectivity index (χ4v) is 2.45. The summed E-state index contributed by atoms with van der Waals surface area (Å²) in [5.41, 5.74) is 0. The maximum absolute atomic E-state index is 12.0. The van der Waals surface area contributed by atoms with Gasteiger partial charge in [0.2, 0.25) is 5.91 Å². The zero-order chi connectivity index (χ0) is 15.4. The maximum Gasteiger partial charge on any atom is 0.245 e. The van der Waals surface area contributed by atoms with Crippen molar-refractivity contribution in [1.82, 2.24) is 19.4 Å². The standard InChI is InChI=1S/C15H20N6O/c1-19-6-8-21(9-7-19)14-10-13(16-12-17-14)18-15(22)11-20-4-2-3-5-20/h2-5,10,12H,6-9,11H2,1H3,(H,16,17,18,22). The number of aromatic nitrogens is 3. The summed E-state index contributed by atoms with van der Waals surface area (Å²) < 4.78 is 1.82. The molecule has 2 aromatic heterocycles. The van der Waals surface area contributed by atoms with Gasteiger partial charge in [-0.25, -0.2) is 9.97 Å². The third kappa shape index (κ3) is 3.62. The number of nitrogens with zero attached hydrogens (tertiary/aromatic N) is 5. The lowest BCUT2D eigenvalue weighted by atomic mass is 10.3. The van der Waals surface area contributed by atoms with E-state index < -0.39 is 0 Å². The first-order valence-electron chi connectivity index (χ1n) is 7.37. The molecule has 116 valence electrons. The molecule has 1 aliphatic rings. The third-order valence-electron chi connectivity index (χ3n) is 3.74. The molecule has 0 unspecified atom stereocenters. The van der Waals surface area contributed by atoms with E-state index in [-0.39, 0.29) is 12.5 Å². The quantitative estimate of drug-likeness (QED) is 0.899. The highest BCUT2D eigenvalue weighted by Gasteiger charge is 2.16. The van der Waals surface area contributed by atoms with Crippen LogP contribution in [0.1, 0.15) is 0 Å². The summed E-state index contributed by atoms with van der Waals surface area (Å²) in [5, 5.41) is 2.82. The summed E-state index contributed by atoms with van der Waals surface area (Å²) >= 11 is 0. The number of rotatable bonds is 4. The van der Waals surface area contributed by atoms with Crippen LogP contribution in [0, 0.1) is 0 Å². The number of anilines is 2. The zero-order valence-electron chi connectivity index (χ0n) is 12.6. The smallest absolute Gasteiger partial charge is 0.245 e. The summed E-state index contributed by atoms with van der Waals surface area (Å²) in [6.45, 7) is 4.17. The van der Waals surface area contributed by atoms with Crippen molar-refractivity contribution in [1.29, 1.82) is 0 Å². The molecule has 3 heterocycles. The van der Waals surface area contributed by atoms with Gasteiger partial charge in [0.15, 0.2) is 0 Å². The normalized spacial score (nSPS) is 15.8. The van der Waals surface area contributed by atoms with Gasteiger partial charge in [-0.2, -0.15) is 0 Å². The number of hydrogen-bond donors (Lipinski definition) is 1. The van der Waals surface area contributed by atoms with Crippen LogP contribution in [0.3, 0.4) is 0 Å². The van der Waals surface area contributed by atoms with Gasteiger partial charge >= 0.3 is 0 Å². The Morgan fingerprint density at radius 1 is 1.18 bits per heavy atom. The van der Waals surface area contributed by atoms with Gasteiger partial charge in [0.25, 0.3) is 0 Å². The van der Waals surface area contributed by atoms with E-state index in [1.54, 1.807) is 0 Å². The molecule has 0 radical (unpaired) electrons. The van der Waals surface area contributed by atoms with Crippen LogP contribution in [0.15, 0.2) is 36.9 Å². The van der Waals surface area contributed by atoms with E-state index in [1.807, 2.05) is 35.2 Å². The second kappa shape index (κ2) is 6.57. The molecule has 22 heavy (non-hydrogen) atoms. The molecule has 1 fully saturated rings. The van der Waals surface area contributed by atoms with Gasteiger partial charge < -0.3 is 19.7 Å². The predicted molar refractivity (Wildman–Crippen MR) is 84.8 cm³/mol. The van der Waals surface area contributed by atoms with E-state index in [4.69, 9.17) is 0 Å². The van der Waals surface area contributed by atoms with Crippen molar-refractivity contribution < 1.29 is 4.79 Å². The first-order valence-corrected chi connectivity index (χ1v) is 7.37. The second-order valence-corrected chi connectivity index (χ2v) is 5.46. The molecule has 0 saturated carbocycles. The molecule has 7 nitrogen and oxygen atoms in total. The lowest BCUT2D eigenvalue weighted by Crippen LogP contribution is -2.44. The molecule has 3 rings (SSSR count). The van der Waals surface area contributed by atoms with Gasteiger partial charge in [0.1, 0.15) is 24.5 Å². The van der Waals surface area contributed by atoms with E-state index in [2.05, 4.69) is 32.1 Å². The van der Waals surface area contributed by atoms with Gasteiger partial charge in [0.05, 0.1) is 0 Å². The van der Waals surface area contributed by atoms with Crippen molar-refractivity contribution in [3.05, 3.63) is 36.9 Å². The van der Waals surface area contributed by atoms with Gasteiger partial charge in [-0.05, 0) is 19.2 Å². The molecule has 1 saturated heterocycles. The monoisotopic (exact) mass is 300 g/mol. The van der Waals surface area contributed by atoms with Crippen molar-refractivity contribution in [3.8, 4) is 0 Å². The molecule has 7 heteroatoms. The van der Waals surface area contributed by atoms with Crippen molar-refractivity contribution in [2.24, 2.45) is 0 Å². The van der Waals surface area contributed by atoms with E-state index in [1.165, 1.54) is 6.33 Å². The number of nitrogens with one attached hydrogen (secondary N) is 1. The van der Waals surface area contributed by atoms with Crippen LogP contribution in [0.25, 0.3) is 0 Å². The van der Waals surface area contributed by atoms with Crippen LogP contribution in [-0.2, 0) is 11.3 Å². The summed E-state index contributed by atoms with van der Waals surface area (Å²) in [6, 6.07) is 5.62. The topological polar surface area (TPSA) is 66.3 Å². The number of carbonyl (C=O) groups excluding carboxylic acids is 1. The Bertz CT molecular complexity index is 619. The number of carbonyl (C=O) groups is 1. The van der Waals surface area contributed by atoms with Crippen LogP contribution in [0.5, 0.6) is 0 Å². The maximum atomic E-state index is 12.0. The highest BCUT2D eigenvalue weighted by Crippen LogP contribution is 2.15. The molecule has 1 aliphatic heterocycles. The fraction of sp³-hybridized carbons (Fsp3) is 0.400. The van der Waals surface area contributed by atoms with Crippen LogP contribution >= 0.6 is 0 Å². The fourth-order valence-electron chi connectivity index (χ4n) is 2.45. The van der Waals surface area contributed by atoms with Gasteiger partial charge in [-0.3, -0.25) is 4.79 Å². The molecule has 2 aromatic rings. The average Bonchev–Trinajstić information content (AvgIpc) is 3.01. The number of hydrogen-bond acceptors (Lipinski definition) is 5. The predicted octanol–water partition coefficient (Wildman–Crippen LogP) is 0.669. The Kier molecular flexibility index (Phi) is 4.34. The lowest BCUT2D eigenvalue weighted by molar-refractivity contribution is -0.116. The summed E-state index contributed by atoms with van der Waals surface area (Å²) in [7, 11) is 2.12. The Morgan fingerprint density at radius 2 is 1.91 bits per heavy atom. The van der Waals surface area contributed by atoms with Crippen LogP contribution < -0.4 is 10.2 Å². The Morgan fingerprint density at radius 3 is 2.64 bits per heavy atom. The highest BCUT2D eigenvalue weighted by atomic mass is 16.2. The highest BCUT2D eigenvalue weighted by molar-refractivity contribution is 5.89. The van der Waals surface area contributed by atoms with Crippen LogP contribution in [-0.4, -0.2) is 58.6 Å². The Labute approximate surface area is 129 Å². The van der Waals surface area contributed by atoms with Crippen molar-refractivity contribution in [3.63, 3.8) is 0 Å².